The quantitative estimate of drug-likeness (QED) is 0.839. The van der Waals surface area contributed by atoms with E-state index in [2.05, 4.69) is 0 Å². The highest BCUT2D eigenvalue weighted by Gasteiger charge is 2.28. The normalized spacial score (nSPS) is 13.2. The zero-order chi connectivity index (χ0) is 15.5. The lowest BCUT2D eigenvalue weighted by Crippen LogP contribution is -2.35. The van der Waals surface area contributed by atoms with E-state index in [4.69, 9.17) is 5.26 Å². The molecular formula is C14H19FN2O2S. The Bertz CT molecular complexity index is 612. The van der Waals surface area contributed by atoms with Crippen molar-refractivity contribution in [3.05, 3.63) is 29.1 Å². The van der Waals surface area contributed by atoms with Crippen molar-refractivity contribution >= 4 is 10.0 Å². The minimum absolute atomic E-state index is 0.130. The maximum absolute atomic E-state index is 13.3. The predicted octanol–water partition coefficient (Wildman–Crippen LogP) is 2.61. The minimum Gasteiger partial charge on any atom is -0.207 e. The van der Waals surface area contributed by atoms with E-state index < -0.39 is 21.8 Å². The van der Waals surface area contributed by atoms with Crippen LogP contribution in [0.2, 0.25) is 0 Å². The summed E-state index contributed by atoms with van der Waals surface area (Å²) in [4.78, 5) is 0.130. The topological polar surface area (TPSA) is 61.2 Å². The first-order valence-electron chi connectivity index (χ1n) is 6.40. The van der Waals surface area contributed by atoms with E-state index in [0.717, 1.165) is 0 Å². The molecule has 0 aliphatic rings. The molecule has 0 N–H and O–H groups in total. The SMILES string of the molecule is CCN(CC(C)C#N)S(=O)(=O)c1c(C)cc(F)cc1C. The molecule has 20 heavy (non-hydrogen) atoms. The molecule has 4 nitrogen and oxygen atoms in total. The van der Waals surface area contributed by atoms with Gasteiger partial charge in [0.2, 0.25) is 10.0 Å². The van der Waals surface area contributed by atoms with Gasteiger partial charge in [-0.1, -0.05) is 6.92 Å². The second-order valence-corrected chi connectivity index (χ2v) is 6.73. The van der Waals surface area contributed by atoms with Crippen molar-refractivity contribution in [2.24, 2.45) is 5.92 Å². The van der Waals surface area contributed by atoms with Gasteiger partial charge in [0.1, 0.15) is 5.82 Å². The molecule has 110 valence electrons. The van der Waals surface area contributed by atoms with E-state index in [1.165, 1.54) is 16.4 Å². The largest absolute Gasteiger partial charge is 0.243 e. The van der Waals surface area contributed by atoms with Crippen molar-refractivity contribution in [2.45, 2.75) is 32.6 Å². The number of halogens is 1. The first-order valence-corrected chi connectivity index (χ1v) is 7.84. The summed E-state index contributed by atoms with van der Waals surface area (Å²) in [6.07, 6.45) is 0. The number of nitrogens with zero attached hydrogens (tertiary/aromatic N) is 2. The molecule has 0 saturated carbocycles. The molecule has 0 aliphatic carbocycles. The molecule has 0 saturated heterocycles. The molecule has 1 rings (SSSR count). The molecule has 1 unspecified atom stereocenters. The van der Waals surface area contributed by atoms with Gasteiger partial charge in [-0.25, -0.2) is 12.8 Å². The van der Waals surface area contributed by atoms with Crippen LogP contribution in [-0.2, 0) is 10.0 Å². The first-order chi connectivity index (χ1) is 9.23. The van der Waals surface area contributed by atoms with Crippen LogP contribution in [0.15, 0.2) is 17.0 Å². The van der Waals surface area contributed by atoms with Gasteiger partial charge in [0.05, 0.1) is 16.9 Å². The van der Waals surface area contributed by atoms with Crippen molar-refractivity contribution in [2.75, 3.05) is 13.1 Å². The average Bonchev–Trinajstić information content (AvgIpc) is 2.33. The van der Waals surface area contributed by atoms with Crippen LogP contribution < -0.4 is 0 Å². The van der Waals surface area contributed by atoms with E-state index in [1.807, 2.05) is 6.07 Å². The van der Waals surface area contributed by atoms with Crippen LogP contribution in [0.1, 0.15) is 25.0 Å². The third-order valence-electron chi connectivity index (χ3n) is 3.07. The third-order valence-corrected chi connectivity index (χ3v) is 5.32. The van der Waals surface area contributed by atoms with Gasteiger partial charge < -0.3 is 0 Å². The molecule has 6 heteroatoms. The summed E-state index contributed by atoms with van der Waals surface area (Å²) >= 11 is 0. The molecule has 0 heterocycles. The monoisotopic (exact) mass is 298 g/mol. The van der Waals surface area contributed by atoms with Gasteiger partial charge >= 0.3 is 0 Å². The van der Waals surface area contributed by atoms with Gasteiger partial charge in [-0.05, 0) is 44.0 Å². The number of aryl methyl sites for hydroxylation is 2. The Kier molecular flexibility index (Phi) is 5.26. The Morgan fingerprint density at radius 3 is 2.25 bits per heavy atom. The first kappa shape index (κ1) is 16.6. The van der Waals surface area contributed by atoms with E-state index in [-0.39, 0.29) is 18.0 Å². The fourth-order valence-corrected chi connectivity index (χ4v) is 4.13. The lowest BCUT2D eigenvalue weighted by Gasteiger charge is -2.23. The Balaban J connectivity index is 3.32. The fraction of sp³-hybridized carbons (Fsp3) is 0.500. The summed E-state index contributed by atoms with van der Waals surface area (Å²) in [6.45, 7) is 6.93. The van der Waals surface area contributed by atoms with Crippen LogP contribution in [0, 0.1) is 36.9 Å². The standard InChI is InChI=1S/C14H19FN2O2S/c1-5-17(9-10(2)8-16)20(18,19)14-11(3)6-13(15)7-12(14)4/h6-7,10H,5,9H2,1-4H3. The van der Waals surface area contributed by atoms with Gasteiger partial charge in [-0.3, -0.25) is 0 Å². The van der Waals surface area contributed by atoms with Crippen molar-refractivity contribution in [1.29, 1.82) is 5.26 Å². The molecule has 1 aromatic rings. The van der Waals surface area contributed by atoms with Crippen molar-refractivity contribution < 1.29 is 12.8 Å². The maximum atomic E-state index is 13.3. The summed E-state index contributed by atoms with van der Waals surface area (Å²) in [5, 5.41) is 8.84. The molecule has 0 bridgehead atoms. The lowest BCUT2D eigenvalue weighted by molar-refractivity contribution is 0.399. The molecule has 1 atom stereocenters. The van der Waals surface area contributed by atoms with Crippen LogP contribution in [0.4, 0.5) is 4.39 Å². The van der Waals surface area contributed by atoms with Crippen LogP contribution in [-0.4, -0.2) is 25.8 Å². The smallest absolute Gasteiger partial charge is 0.207 e. The highest BCUT2D eigenvalue weighted by atomic mass is 32.2. The Labute approximate surface area is 119 Å². The number of sulfonamides is 1. The van der Waals surface area contributed by atoms with E-state index in [9.17, 15) is 12.8 Å². The maximum Gasteiger partial charge on any atom is 0.243 e. The molecule has 0 aromatic heterocycles. The molecule has 0 amide bonds. The summed E-state index contributed by atoms with van der Waals surface area (Å²) in [5.41, 5.74) is 0.760. The van der Waals surface area contributed by atoms with Gasteiger partial charge in [-0.2, -0.15) is 9.57 Å². The van der Waals surface area contributed by atoms with Gasteiger partial charge in [0.25, 0.3) is 0 Å². The molecular weight excluding hydrogens is 279 g/mol. The zero-order valence-corrected chi connectivity index (χ0v) is 13.0. The van der Waals surface area contributed by atoms with E-state index in [1.54, 1.807) is 27.7 Å². The molecule has 0 fully saturated rings. The molecule has 0 radical (unpaired) electrons. The van der Waals surface area contributed by atoms with Crippen LogP contribution in [0.25, 0.3) is 0 Å². The second kappa shape index (κ2) is 6.33. The highest BCUT2D eigenvalue weighted by molar-refractivity contribution is 7.89. The fourth-order valence-electron chi connectivity index (χ4n) is 2.18. The van der Waals surface area contributed by atoms with Crippen molar-refractivity contribution in [3.8, 4) is 6.07 Å². The van der Waals surface area contributed by atoms with Crippen LogP contribution in [0.5, 0.6) is 0 Å². The third kappa shape index (κ3) is 3.35. The van der Waals surface area contributed by atoms with E-state index in [0.29, 0.717) is 11.1 Å². The van der Waals surface area contributed by atoms with Gasteiger partial charge in [-0.15, -0.1) is 0 Å². The Morgan fingerprint density at radius 2 is 1.85 bits per heavy atom. The number of nitriles is 1. The average molecular weight is 298 g/mol. The van der Waals surface area contributed by atoms with Crippen molar-refractivity contribution in [3.63, 3.8) is 0 Å². The molecule has 0 aliphatic heterocycles. The predicted molar refractivity (Wildman–Crippen MR) is 75.1 cm³/mol. The summed E-state index contributed by atoms with van der Waals surface area (Å²) in [7, 11) is -3.72. The Morgan fingerprint density at radius 1 is 1.35 bits per heavy atom. The summed E-state index contributed by atoms with van der Waals surface area (Å²) in [5.74, 6) is -0.849. The van der Waals surface area contributed by atoms with Crippen LogP contribution >= 0.6 is 0 Å². The van der Waals surface area contributed by atoms with Crippen molar-refractivity contribution in [1.82, 2.24) is 4.31 Å². The van der Waals surface area contributed by atoms with Gasteiger partial charge in [0, 0.05) is 13.1 Å². The summed E-state index contributed by atoms with van der Waals surface area (Å²) in [6, 6.07) is 4.45. The van der Waals surface area contributed by atoms with Gasteiger partial charge in [0.15, 0.2) is 0 Å². The number of hydrogen-bond acceptors (Lipinski definition) is 3. The Hall–Kier alpha value is -1.45. The number of hydrogen-bond donors (Lipinski definition) is 0. The number of rotatable bonds is 5. The summed E-state index contributed by atoms with van der Waals surface area (Å²) < 4.78 is 39.9. The van der Waals surface area contributed by atoms with E-state index >= 15 is 0 Å². The van der Waals surface area contributed by atoms with Crippen LogP contribution in [0.3, 0.4) is 0 Å². The second-order valence-electron chi connectivity index (χ2n) is 4.85. The number of benzene rings is 1. The lowest BCUT2D eigenvalue weighted by atomic mass is 10.1. The highest BCUT2D eigenvalue weighted by Crippen LogP contribution is 2.25. The molecule has 1 aromatic carbocycles. The molecule has 0 spiro atoms. The minimum atomic E-state index is -3.72. The zero-order valence-electron chi connectivity index (χ0n) is 12.1.